The number of hydrogen-bond acceptors (Lipinski definition) is 2. The lowest BCUT2D eigenvalue weighted by Crippen LogP contribution is -2.66. The van der Waals surface area contributed by atoms with Gasteiger partial charge in [-0.25, -0.2) is 4.39 Å². The lowest BCUT2D eigenvalue weighted by molar-refractivity contribution is -0.111. The average Bonchev–Trinajstić information content (AvgIpc) is 2.23. The third-order valence-electron chi connectivity index (χ3n) is 3.47. The van der Waals surface area contributed by atoms with E-state index in [9.17, 15) is 14.3 Å². The fourth-order valence-corrected chi connectivity index (χ4v) is 2.23. The summed E-state index contributed by atoms with van der Waals surface area (Å²) in [5, 5.41) is 10.2. The van der Waals surface area contributed by atoms with Crippen LogP contribution in [0.5, 0.6) is 0 Å². The second-order valence-electron chi connectivity index (χ2n) is 5.02. The first-order valence-electron chi connectivity index (χ1n) is 5.81. The zero-order chi connectivity index (χ0) is 13.5. The topological polar surface area (TPSA) is 40.5 Å². The van der Waals surface area contributed by atoms with Gasteiger partial charge in [-0.15, -0.1) is 0 Å². The Bertz CT molecular complexity index is 464. The fourth-order valence-electron chi connectivity index (χ4n) is 1.98. The van der Waals surface area contributed by atoms with Gasteiger partial charge in [-0.05, 0) is 18.1 Å². The summed E-state index contributed by atoms with van der Waals surface area (Å²) in [7, 11) is 0. The van der Waals surface area contributed by atoms with Crippen LogP contribution >= 0.6 is 11.6 Å². The molecule has 1 aromatic carbocycles. The maximum Gasteiger partial charge on any atom is 0.258 e. The summed E-state index contributed by atoms with van der Waals surface area (Å²) in [5.41, 5.74) is -0.988. The number of benzene rings is 1. The molecule has 0 spiro atoms. The molecule has 5 heteroatoms. The molecule has 1 aliphatic heterocycles. The lowest BCUT2D eigenvalue weighted by atomic mass is 9.82. The summed E-state index contributed by atoms with van der Waals surface area (Å²) in [5.74, 6) is -1.05. The number of rotatable bonds is 2. The van der Waals surface area contributed by atoms with Gasteiger partial charge in [-0.1, -0.05) is 31.5 Å². The summed E-state index contributed by atoms with van der Waals surface area (Å²) >= 11 is 5.83. The smallest absolute Gasteiger partial charge is 0.258 e. The van der Waals surface area contributed by atoms with E-state index >= 15 is 0 Å². The van der Waals surface area contributed by atoms with Crippen molar-refractivity contribution in [2.24, 2.45) is 5.92 Å². The first kappa shape index (κ1) is 13.3. The van der Waals surface area contributed by atoms with Crippen molar-refractivity contribution in [3.05, 3.63) is 34.6 Å². The van der Waals surface area contributed by atoms with Gasteiger partial charge in [0.25, 0.3) is 5.91 Å². The Labute approximate surface area is 110 Å². The Kier molecular flexibility index (Phi) is 3.34. The van der Waals surface area contributed by atoms with E-state index < -0.39 is 17.3 Å². The molecule has 98 valence electrons. The van der Waals surface area contributed by atoms with E-state index in [1.54, 1.807) is 0 Å². The van der Waals surface area contributed by atoms with Crippen LogP contribution in [0.15, 0.2) is 18.2 Å². The van der Waals surface area contributed by atoms with Crippen LogP contribution in [-0.2, 0) is 0 Å². The summed E-state index contributed by atoms with van der Waals surface area (Å²) in [6, 6.07) is 4.13. The number of carbonyl (C=O) groups excluding carboxylic acids is 1. The van der Waals surface area contributed by atoms with Crippen molar-refractivity contribution >= 4 is 17.5 Å². The van der Waals surface area contributed by atoms with Gasteiger partial charge >= 0.3 is 0 Å². The molecule has 1 aromatic rings. The maximum atomic E-state index is 13.6. The van der Waals surface area contributed by atoms with Crippen molar-refractivity contribution in [1.82, 2.24) is 4.90 Å². The number of amides is 1. The standard InChI is InChI=1S/C13H15ClFNO2/c1-8(2)13(18)6-16(7-13)12(17)11-9(14)4-3-5-10(11)15/h3-5,8,18H,6-7H2,1-2H3. The number of halogens is 2. The molecule has 1 heterocycles. The molecule has 1 fully saturated rings. The fraction of sp³-hybridized carbons (Fsp3) is 0.462. The van der Waals surface area contributed by atoms with Crippen LogP contribution in [0.2, 0.25) is 5.02 Å². The molecule has 1 saturated heterocycles. The van der Waals surface area contributed by atoms with Crippen molar-refractivity contribution in [2.75, 3.05) is 13.1 Å². The first-order valence-corrected chi connectivity index (χ1v) is 6.18. The van der Waals surface area contributed by atoms with Gasteiger partial charge in [0.15, 0.2) is 0 Å². The molecule has 1 N–H and O–H groups in total. The molecule has 1 amide bonds. The van der Waals surface area contributed by atoms with E-state index in [4.69, 9.17) is 11.6 Å². The summed E-state index contributed by atoms with van der Waals surface area (Å²) in [4.78, 5) is 13.5. The third kappa shape index (κ3) is 2.10. The average molecular weight is 272 g/mol. The van der Waals surface area contributed by atoms with Crippen LogP contribution in [-0.4, -0.2) is 34.6 Å². The van der Waals surface area contributed by atoms with E-state index in [1.807, 2.05) is 13.8 Å². The number of carbonyl (C=O) groups is 1. The second-order valence-corrected chi connectivity index (χ2v) is 5.42. The van der Waals surface area contributed by atoms with Crippen LogP contribution in [0.25, 0.3) is 0 Å². The highest BCUT2D eigenvalue weighted by Crippen LogP contribution is 2.31. The van der Waals surface area contributed by atoms with Crippen molar-refractivity contribution in [2.45, 2.75) is 19.4 Å². The predicted molar refractivity (Wildman–Crippen MR) is 67.1 cm³/mol. The molecular formula is C13H15ClFNO2. The maximum absolute atomic E-state index is 13.6. The van der Waals surface area contributed by atoms with Crippen molar-refractivity contribution in [3.63, 3.8) is 0 Å². The molecule has 0 atom stereocenters. The Hall–Kier alpha value is -1.13. The highest BCUT2D eigenvalue weighted by atomic mass is 35.5. The van der Waals surface area contributed by atoms with Crippen molar-refractivity contribution < 1.29 is 14.3 Å². The SMILES string of the molecule is CC(C)C1(O)CN(C(=O)c2c(F)cccc2Cl)C1. The van der Waals surface area contributed by atoms with Gasteiger partial charge in [0, 0.05) is 0 Å². The minimum Gasteiger partial charge on any atom is -0.386 e. The van der Waals surface area contributed by atoms with Gasteiger partial charge in [0.2, 0.25) is 0 Å². The van der Waals surface area contributed by atoms with Crippen LogP contribution < -0.4 is 0 Å². The number of aliphatic hydroxyl groups is 1. The van der Waals surface area contributed by atoms with E-state index in [0.29, 0.717) is 0 Å². The largest absolute Gasteiger partial charge is 0.386 e. The quantitative estimate of drug-likeness (QED) is 0.897. The van der Waals surface area contributed by atoms with Crippen molar-refractivity contribution in [1.29, 1.82) is 0 Å². The summed E-state index contributed by atoms with van der Waals surface area (Å²) < 4.78 is 13.6. The minimum absolute atomic E-state index is 0.0534. The lowest BCUT2D eigenvalue weighted by Gasteiger charge is -2.49. The molecular weight excluding hydrogens is 257 g/mol. The Morgan fingerprint density at radius 3 is 2.61 bits per heavy atom. The van der Waals surface area contributed by atoms with E-state index in [0.717, 1.165) is 0 Å². The highest BCUT2D eigenvalue weighted by Gasteiger charge is 2.46. The molecule has 1 aliphatic rings. The van der Waals surface area contributed by atoms with E-state index in [1.165, 1.54) is 23.1 Å². The van der Waals surface area contributed by atoms with Crippen LogP contribution in [0.3, 0.4) is 0 Å². The zero-order valence-electron chi connectivity index (χ0n) is 10.3. The molecule has 3 nitrogen and oxygen atoms in total. The summed E-state index contributed by atoms with van der Waals surface area (Å²) in [6.45, 7) is 4.21. The van der Waals surface area contributed by atoms with Gasteiger partial charge in [0.05, 0.1) is 23.7 Å². The van der Waals surface area contributed by atoms with E-state index in [-0.39, 0.29) is 29.6 Å². The van der Waals surface area contributed by atoms with E-state index in [2.05, 4.69) is 0 Å². The molecule has 0 unspecified atom stereocenters. The highest BCUT2D eigenvalue weighted by molar-refractivity contribution is 6.33. The number of hydrogen-bond donors (Lipinski definition) is 1. The second kappa shape index (κ2) is 4.52. The Morgan fingerprint density at radius 1 is 1.50 bits per heavy atom. The normalized spacial score (nSPS) is 17.8. The number of β-amino-alcohol motifs (C(OH)–C–C–N with tert-alkyl or cyclic N) is 1. The first-order chi connectivity index (χ1) is 8.35. The van der Waals surface area contributed by atoms with Gasteiger partial charge < -0.3 is 10.0 Å². The zero-order valence-corrected chi connectivity index (χ0v) is 11.0. The number of nitrogens with zero attached hydrogens (tertiary/aromatic N) is 1. The molecule has 0 saturated carbocycles. The van der Waals surface area contributed by atoms with Crippen LogP contribution in [0.4, 0.5) is 4.39 Å². The van der Waals surface area contributed by atoms with Gasteiger partial charge in [-0.2, -0.15) is 0 Å². The predicted octanol–water partition coefficient (Wildman–Crippen LogP) is 2.32. The Morgan fingerprint density at radius 2 is 2.11 bits per heavy atom. The monoisotopic (exact) mass is 271 g/mol. The third-order valence-corrected chi connectivity index (χ3v) is 3.78. The molecule has 0 aliphatic carbocycles. The molecule has 0 radical (unpaired) electrons. The molecule has 0 bridgehead atoms. The molecule has 18 heavy (non-hydrogen) atoms. The van der Waals surface area contributed by atoms with Gasteiger partial charge in [-0.3, -0.25) is 4.79 Å². The molecule has 2 rings (SSSR count). The van der Waals surface area contributed by atoms with Crippen LogP contribution in [0, 0.1) is 11.7 Å². The Balaban J connectivity index is 2.16. The number of likely N-dealkylation sites (tertiary alicyclic amines) is 1. The van der Waals surface area contributed by atoms with Crippen LogP contribution in [0.1, 0.15) is 24.2 Å². The molecule has 0 aromatic heterocycles. The minimum atomic E-state index is -0.868. The van der Waals surface area contributed by atoms with Crippen molar-refractivity contribution in [3.8, 4) is 0 Å². The van der Waals surface area contributed by atoms with Gasteiger partial charge in [0.1, 0.15) is 11.4 Å². The summed E-state index contributed by atoms with van der Waals surface area (Å²) in [6.07, 6.45) is 0.